The number of carbonyl (C=O) groups excluding carboxylic acids is 1. The van der Waals surface area contributed by atoms with Crippen LogP contribution in [-0.4, -0.2) is 41.4 Å². The van der Waals surface area contributed by atoms with Crippen LogP contribution in [0.15, 0.2) is 72.1 Å². The Morgan fingerprint density at radius 1 is 1.06 bits per heavy atom. The van der Waals surface area contributed by atoms with Crippen LogP contribution >= 0.6 is 0 Å². The number of benzene rings is 2. The molecule has 0 aliphatic carbocycles. The molecular formula is C24H20N4O4. The summed E-state index contributed by atoms with van der Waals surface area (Å²) in [4.78, 5) is 21.8. The van der Waals surface area contributed by atoms with Gasteiger partial charge in [0.15, 0.2) is 11.5 Å². The van der Waals surface area contributed by atoms with Gasteiger partial charge in [-0.05, 0) is 36.4 Å². The highest BCUT2D eigenvalue weighted by atomic mass is 16.5. The van der Waals surface area contributed by atoms with E-state index in [9.17, 15) is 9.90 Å². The van der Waals surface area contributed by atoms with E-state index in [1.165, 1.54) is 20.4 Å². The number of carbonyl (C=O) groups is 1. The van der Waals surface area contributed by atoms with E-state index < -0.39 is 0 Å². The number of rotatable bonds is 6. The van der Waals surface area contributed by atoms with Crippen molar-refractivity contribution in [2.45, 2.75) is 0 Å². The molecule has 8 heteroatoms. The number of nitrogens with zero attached hydrogens (tertiary/aromatic N) is 3. The molecule has 0 unspecified atom stereocenters. The van der Waals surface area contributed by atoms with E-state index >= 15 is 0 Å². The van der Waals surface area contributed by atoms with Crippen LogP contribution in [0, 0.1) is 0 Å². The molecule has 4 aromatic rings. The number of phenols is 1. The quantitative estimate of drug-likeness (QED) is 0.358. The molecule has 0 bridgehead atoms. The zero-order chi connectivity index (χ0) is 22.5. The van der Waals surface area contributed by atoms with Gasteiger partial charge < -0.3 is 14.6 Å². The predicted molar refractivity (Wildman–Crippen MR) is 121 cm³/mol. The highest BCUT2D eigenvalue weighted by molar-refractivity contribution is 6.07. The second-order valence-corrected chi connectivity index (χ2v) is 6.79. The SMILES string of the molecule is COc1cc(/C=N/NC(=O)c2cc(-c3cccnc3)nc3ccccc23)cc(OC)c1O. The average Bonchev–Trinajstić information content (AvgIpc) is 2.84. The molecule has 0 saturated carbocycles. The van der Waals surface area contributed by atoms with Gasteiger partial charge in [-0.2, -0.15) is 5.10 Å². The van der Waals surface area contributed by atoms with Crippen LogP contribution in [0.5, 0.6) is 17.2 Å². The maximum absolute atomic E-state index is 13.0. The second kappa shape index (κ2) is 9.13. The summed E-state index contributed by atoms with van der Waals surface area (Å²) in [7, 11) is 2.87. The van der Waals surface area contributed by atoms with Gasteiger partial charge in [0.1, 0.15) is 0 Å². The minimum absolute atomic E-state index is 0.109. The molecule has 2 heterocycles. The number of pyridine rings is 2. The Labute approximate surface area is 184 Å². The first-order valence-corrected chi connectivity index (χ1v) is 9.69. The van der Waals surface area contributed by atoms with Gasteiger partial charge in [0.25, 0.3) is 5.91 Å². The average molecular weight is 428 g/mol. The number of hydrogen-bond donors (Lipinski definition) is 2. The number of para-hydroxylation sites is 1. The standard InChI is InChI=1S/C24H20N4O4/c1-31-21-10-15(11-22(32-2)23(21)29)13-26-28-24(30)18-12-20(16-6-5-9-25-14-16)27-19-8-4-3-7-17(18)19/h3-14,29H,1-2H3,(H,28,30)/b26-13+. The Balaban J connectivity index is 1.65. The Bertz CT molecular complexity index is 1280. The zero-order valence-corrected chi connectivity index (χ0v) is 17.4. The van der Waals surface area contributed by atoms with Gasteiger partial charge in [-0.1, -0.05) is 18.2 Å². The van der Waals surface area contributed by atoms with E-state index in [0.717, 1.165) is 5.56 Å². The van der Waals surface area contributed by atoms with E-state index in [1.807, 2.05) is 36.4 Å². The van der Waals surface area contributed by atoms with Crippen LogP contribution in [0.25, 0.3) is 22.2 Å². The fourth-order valence-electron chi connectivity index (χ4n) is 3.24. The van der Waals surface area contributed by atoms with E-state index in [-0.39, 0.29) is 23.2 Å². The number of phenolic OH excluding ortho intramolecular Hbond substituents is 1. The first-order chi connectivity index (χ1) is 15.6. The van der Waals surface area contributed by atoms with Crippen LogP contribution in [0.4, 0.5) is 0 Å². The number of amides is 1. The fourth-order valence-corrected chi connectivity index (χ4v) is 3.24. The van der Waals surface area contributed by atoms with E-state index in [2.05, 4.69) is 20.5 Å². The van der Waals surface area contributed by atoms with Crippen LogP contribution < -0.4 is 14.9 Å². The maximum Gasteiger partial charge on any atom is 0.272 e. The lowest BCUT2D eigenvalue weighted by atomic mass is 10.0. The summed E-state index contributed by atoms with van der Waals surface area (Å²) in [5.74, 6) is -0.0261. The second-order valence-electron chi connectivity index (χ2n) is 6.79. The molecule has 32 heavy (non-hydrogen) atoms. The summed E-state index contributed by atoms with van der Waals surface area (Å²) in [6.45, 7) is 0. The highest BCUT2D eigenvalue weighted by Gasteiger charge is 2.14. The van der Waals surface area contributed by atoms with Crippen molar-refractivity contribution in [1.82, 2.24) is 15.4 Å². The number of hydrazone groups is 1. The maximum atomic E-state index is 13.0. The predicted octanol–water partition coefficient (Wildman–Crippen LogP) is 3.78. The van der Waals surface area contributed by atoms with Crippen molar-refractivity contribution >= 4 is 23.0 Å². The summed E-state index contributed by atoms with van der Waals surface area (Å²) in [5.41, 5.74) is 5.70. The molecule has 160 valence electrons. The Kier molecular flexibility index (Phi) is 5.94. The molecule has 0 aliphatic heterocycles. The molecule has 8 nitrogen and oxygen atoms in total. The van der Waals surface area contributed by atoms with Gasteiger partial charge in [0, 0.05) is 28.9 Å². The molecule has 1 amide bonds. The molecule has 2 N–H and O–H groups in total. The molecule has 0 atom stereocenters. The summed E-state index contributed by atoms with van der Waals surface area (Å²) in [5, 5.41) is 14.8. The monoisotopic (exact) mass is 428 g/mol. The highest BCUT2D eigenvalue weighted by Crippen LogP contribution is 2.36. The van der Waals surface area contributed by atoms with Crippen LogP contribution in [0.1, 0.15) is 15.9 Å². The molecule has 0 saturated heterocycles. The molecule has 0 spiro atoms. The molecular weight excluding hydrogens is 408 g/mol. The molecule has 4 rings (SSSR count). The van der Waals surface area contributed by atoms with Gasteiger partial charge in [-0.3, -0.25) is 9.78 Å². The van der Waals surface area contributed by atoms with Gasteiger partial charge >= 0.3 is 0 Å². The lowest BCUT2D eigenvalue weighted by molar-refractivity contribution is 0.0956. The third-order valence-corrected chi connectivity index (χ3v) is 4.80. The van der Waals surface area contributed by atoms with Crippen molar-refractivity contribution < 1.29 is 19.4 Å². The van der Waals surface area contributed by atoms with Crippen molar-refractivity contribution in [3.63, 3.8) is 0 Å². The molecule has 2 aromatic carbocycles. The largest absolute Gasteiger partial charge is 0.502 e. The molecule has 0 aliphatic rings. The number of fused-ring (bicyclic) bond motifs is 1. The minimum Gasteiger partial charge on any atom is -0.502 e. The number of aromatic hydroxyl groups is 1. The van der Waals surface area contributed by atoms with Crippen molar-refractivity contribution in [1.29, 1.82) is 0 Å². The lowest BCUT2D eigenvalue weighted by Crippen LogP contribution is -2.18. The van der Waals surface area contributed by atoms with Gasteiger partial charge in [0.05, 0.1) is 37.2 Å². The summed E-state index contributed by atoms with van der Waals surface area (Å²) < 4.78 is 10.3. The number of ether oxygens (including phenoxy) is 2. The Morgan fingerprint density at radius 2 is 1.81 bits per heavy atom. The number of methoxy groups -OCH3 is 2. The number of nitrogens with one attached hydrogen (secondary N) is 1. The van der Waals surface area contributed by atoms with Gasteiger partial charge in [0.2, 0.25) is 5.75 Å². The third-order valence-electron chi connectivity index (χ3n) is 4.80. The van der Waals surface area contributed by atoms with Crippen LogP contribution in [0.2, 0.25) is 0 Å². The number of hydrogen-bond acceptors (Lipinski definition) is 7. The molecule has 0 fully saturated rings. The summed E-state index contributed by atoms with van der Waals surface area (Å²) in [6.07, 6.45) is 4.82. The Morgan fingerprint density at radius 3 is 2.50 bits per heavy atom. The zero-order valence-electron chi connectivity index (χ0n) is 17.4. The van der Waals surface area contributed by atoms with E-state index in [4.69, 9.17) is 9.47 Å². The topological polar surface area (TPSA) is 106 Å². The summed E-state index contributed by atoms with van der Waals surface area (Å²) in [6, 6.07) is 16.0. The van der Waals surface area contributed by atoms with Crippen molar-refractivity contribution in [2.75, 3.05) is 14.2 Å². The number of aromatic nitrogens is 2. The smallest absolute Gasteiger partial charge is 0.272 e. The fraction of sp³-hybridized carbons (Fsp3) is 0.0833. The minimum atomic E-state index is -0.386. The first-order valence-electron chi connectivity index (χ1n) is 9.69. The van der Waals surface area contributed by atoms with Crippen LogP contribution in [-0.2, 0) is 0 Å². The van der Waals surface area contributed by atoms with Crippen LogP contribution in [0.3, 0.4) is 0 Å². The first kappa shape index (κ1) is 20.8. The Hall–Kier alpha value is -4.46. The van der Waals surface area contributed by atoms with E-state index in [0.29, 0.717) is 27.7 Å². The normalized spacial score (nSPS) is 10.9. The molecule has 2 aromatic heterocycles. The van der Waals surface area contributed by atoms with Crippen molar-refractivity contribution in [3.8, 4) is 28.5 Å². The summed E-state index contributed by atoms with van der Waals surface area (Å²) >= 11 is 0. The van der Waals surface area contributed by atoms with E-state index in [1.54, 1.807) is 30.6 Å². The lowest BCUT2D eigenvalue weighted by Gasteiger charge is -2.10. The van der Waals surface area contributed by atoms with Crippen molar-refractivity contribution in [3.05, 3.63) is 78.1 Å². The van der Waals surface area contributed by atoms with Crippen molar-refractivity contribution in [2.24, 2.45) is 5.10 Å². The third kappa shape index (κ3) is 4.20. The van der Waals surface area contributed by atoms with Gasteiger partial charge in [-0.15, -0.1) is 0 Å². The van der Waals surface area contributed by atoms with Gasteiger partial charge in [-0.25, -0.2) is 10.4 Å². The molecule has 0 radical (unpaired) electrons.